The number of para-hydroxylation sites is 1. The second-order valence-corrected chi connectivity index (χ2v) is 10.6. The SMILES string of the molecule is CCOC(=O)C1CCN(CN2C(=O)[C@]3(S[C@@H](C)C(=O)N3c3ccc(F)cc3)c3ccccc32)CC1. The van der Waals surface area contributed by atoms with Crippen molar-refractivity contribution in [3.05, 3.63) is 59.9 Å². The molecule has 2 aromatic rings. The Hall–Kier alpha value is -2.91. The fourth-order valence-corrected chi connectivity index (χ4v) is 6.77. The fourth-order valence-electron chi connectivity index (χ4n) is 5.24. The van der Waals surface area contributed by atoms with Crippen LogP contribution in [-0.2, 0) is 24.0 Å². The molecular formula is C26H28FN3O4S. The number of rotatable bonds is 5. The van der Waals surface area contributed by atoms with Gasteiger partial charge in [-0.2, -0.15) is 0 Å². The van der Waals surface area contributed by atoms with E-state index in [0.29, 0.717) is 44.9 Å². The van der Waals surface area contributed by atoms with Crippen LogP contribution in [0.15, 0.2) is 48.5 Å². The lowest BCUT2D eigenvalue weighted by Gasteiger charge is -2.36. The molecule has 3 aliphatic rings. The van der Waals surface area contributed by atoms with E-state index in [9.17, 15) is 18.8 Å². The summed E-state index contributed by atoms with van der Waals surface area (Å²) in [6.07, 6.45) is 1.36. The molecule has 7 nitrogen and oxygen atoms in total. The maximum Gasteiger partial charge on any atom is 0.309 e. The third-order valence-corrected chi connectivity index (χ3v) is 8.43. The number of esters is 1. The Bertz CT molecular complexity index is 1150. The number of carbonyl (C=O) groups is 3. The van der Waals surface area contributed by atoms with Crippen molar-refractivity contribution in [3.8, 4) is 0 Å². The average Bonchev–Trinajstić information content (AvgIpc) is 3.26. The van der Waals surface area contributed by atoms with Gasteiger partial charge in [-0.1, -0.05) is 18.2 Å². The lowest BCUT2D eigenvalue weighted by molar-refractivity contribution is -0.149. The van der Waals surface area contributed by atoms with Gasteiger partial charge in [0.25, 0.3) is 5.91 Å². The second kappa shape index (κ2) is 9.28. The zero-order valence-electron chi connectivity index (χ0n) is 19.8. The molecule has 3 heterocycles. The van der Waals surface area contributed by atoms with Crippen LogP contribution in [0, 0.1) is 11.7 Å². The molecule has 0 aromatic heterocycles. The van der Waals surface area contributed by atoms with E-state index in [4.69, 9.17) is 4.74 Å². The molecule has 2 saturated heterocycles. The molecule has 2 amide bonds. The van der Waals surface area contributed by atoms with Gasteiger partial charge in [0, 0.05) is 24.3 Å². The van der Waals surface area contributed by atoms with Crippen molar-refractivity contribution >= 4 is 40.9 Å². The normalized spacial score (nSPS) is 24.9. The monoisotopic (exact) mass is 497 g/mol. The van der Waals surface area contributed by atoms with Crippen molar-refractivity contribution < 1.29 is 23.5 Å². The molecule has 184 valence electrons. The Morgan fingerprint density at radius 3 is 2.49 bits per heavy atom. The van der Waals surface area contributed by atoms with E-state index >= 15 is 0 Å². The summed E-state index contributed by atoms with van der Waals surface area (Å²) in [5.41, 5.74) is 2.03. The van der Waals surface area contributed by atoms with Crippen LogP contribution in [0.1, 0.15) is 32.3 Å². The minimum atomic E-state index is -1.24. The number of amides is 2. The molecule has 2 aromatic carbocycles. The Kier molecular flexibility index (Phi) is 6.31. The lowest BCUT2D eigenvalue weighted by Crippen LogP contribution is -2.52. The summed E-state index contributed by atoms with van der Waals surface area (Å²) in [7, 11) is 0. The fraction of sp³-hybridized carbons (Fsp3) is 0.423. The van der Waals surface area contributed by atoms with Gasteiger partial charge in [-0.05, 0) is 57.0 Å². The first-order valence-corrected chi connectivity index (χ1v) is 12.8. The van der Waals surface area contributed by atoms with E-state index in [2.05, 4.69) is 4.90 Å². The van der Waals surface area contributed by atoms with Gasteiger partial charge in [0.2, 0.25) is 10.8 Å². The number of halogens is 1. The van der Waals surface area contributed by atoms with Crippen molar-refractivity contribution in [2.24, 2.45) is 5.92 Å². The molecule has 5 rings (SSSR count). The van der Waals surface area contributed by atoms with Gasteiger partial charge in [-0.3, -0.25) is 29.1 Å². The largest absolute Gasteiger partial charge is 0.466 e. The summed E-state index contributed by atoms with van der Waals surface area (Å²) in [5, 5.41) is -0.433. The average molecular weight is 498 g/mol. The molecule has 3 aliphatic heterocycles. The van der Waals surface area contributed by atoms with Gasteiger partial charge in [0.15, 0.2) is 0 Å². The first-order chi connectivity index (χ1) is 16.9. The maximum absolute atomic E-state index is 14.2. The van der Waals surface area contributed by atoms with Crippen LogP contribution in [0.2, 0.25) is 0 Å². The second-order valence-electron chi connectivity index (χ2n) is 9.09. The van der Waals surface area contributed by atoms with E-state index in [1.165, 1.54) is 28.8 Å². The van der Waals surface area contributed by atoms with Crippen LogP contribution in [0.4, 0.5) is 15.8 Å². The molecule has 1 spiro atoms. The van der Waals surface area contributed by atoms with Crippen LogP contribution in [-0.4, -0.2) is 54.3 Å². The van der Waals surface area contributed by atoms with Crippen LogP contribution in [0.3, 0.4) is 0 Å². The van der Waals surface area contributed by atoms with E-state index in [0.717, 1.165) is 11.3 Å². The summed E-state index contributed by atoms with van der Waals surface area (Å²) in [6.45, 7) is 5.70. The Balaban J connectivity index is 1.45. The number of piperidine rings is 1. The number of ether oxygens (including phenoxy) is 1. The number of nitrogens with zero attached hydrogens (tertiary/aromatic N) is 3. The summed E-state index contributed by atoms with van der Waals surface area (Å²) >= 11 is 1.33. The number of benzene rings is 2. The van der Waals surface area contributed by atoms with Gasteiger partial charge in [0.1, 0.15) is 5.82 Å². The predicted molar refractivity (Wildman–Crippen MR) is 132 cm³/mol. The Morgan fingerprint density at radius 1 is 1.11 bits per heavy atom. The number of hydrogen-bond donors (Lipinski definition) is 0. The molecular weight excluding hydrogens is 469 g/mol. The molecule has 2 atom stereocenters. The van der Waals surface area contributed by atoms with Crippen LogP contribution in [0.25, 0.3) is 0 Å². The van der Waals surface area contributed by atoms with Gasteiger partial charge < -0.3 is 4.74 Å². The highest BCUT2D eigenvalue weighted by atomic mass is 32.2. The lowest BCUT2D eigenvalue weighted by atomic mass is 9.97. The van der Waals surface area contributed by atoms with Crippen molar-refractivity contribution in [2.45, 2.75) is 36.8 Å². The summed E-state index contributed by atoms with van der Waals surface area (Å²) < 4.78 is 18.8. The molecule has 2 fully saturated rings. The first-order valence-electron chi connectivity index (χ1n) is 11.9. The van der Waals surface area contributed by atoms with Crippen molar-refractivity contribution in [2.75, 3.05) is 36.2 Å². The minimum Gasteiger partial charge on any atom is -0.466 e. The zero-order chi connectivity index (χ0) is 24.7. The Labute approximate surface area is 208 Å². The molecule has 0 N–H and O–H groups in total. The minimum absolute atomic E-state index is 0.114. The van der Waals surface area contributed by atoms with Gasteiger partial charge in [0.05, 0.1) is 30.1 Å². The zero-order valence-corrected chi connectivity index (χ0v) is 20.6. The highest BCUT2D eigenvalue weighted by Crippen LogP contribution is 2.57. The number of carbonyl (C=O) groups excluding carboxylic acids is 3. The maximum atomic E-state index is 14.2. The molecule has 0 radical (unpaired) electrons. The standard InChI is InChI=1S/C26H28FN3O4S/c1-3-34-24(32)18-12-14-28(15-13-18)16-29-22-7-5-4-6-21(22)26(25(29)33)30(23(31)17(2)35-26)20-10-8-19(27)9-11-20/h4-11,17-18H,3,12-16H2,1-2H3/t17-,26+/m0/s1. The van der Waals surface area contributed by atoms with E-state index in [1.807, 2.05) is 24.3 Å². The third-order valence-electron chi connectivity index (χ3n) is 6.96. The van der Waals surface area contributed by atoms with Gasteiger partial charge in [-0.25, -0.2) is 4.39 Å². The van der Waals surface area contributed by atoms with Crippen LogP contribution >= 0.6 is 11.8 Å². The summed E-state index contributed by atoms with van der Waals surface area (Å²) in [6, 6.07) is 13.3. The smallest absolute Gasteiger partial charge is 0.309 e. The van der Waals surface area contributed by atoms with E-state index < -0.39 is 15.9 Å². The topological polar surface area (TPSA) is 70.2 Å². The predicted octanol–water partition coefficient (Wildman–Crippen LogP) is 3.73. The van der Waals surface area contributed by atoms with Crippen molar-refractivity contribution in [1.29, 1.82) is 0 Å². The van der Waals surface area contributed by atoms with E-state index in [1.54, 1.807) is 30.9 Å². The summed E-state index contributed by atoms with van der Waals surface area (Å²) in [4.78, 5) is 43.9. The molecule has 0 bridgehead atoms. The van der Waals surface area contributed by atoms with Crippen molar-refractivity contribution in [3.63, 3.8) is 0 Å². The molecule has 9 heteroatoms. The Morgan fingerprint density at radius 2 is 1.80 bits per heavy atom. The van der Waals surface area contributed by atoms with E-state index in [-0.39, 0.29) is 23.7 Å². The molecule has 0 aliphatic carbocycles. The quantitative estimate of drug-likeness (QED) is 0.587. The van der Waals surface area contributed by atoms with Gasteiger partial charge in [-0.15, -0.1) is 11.8 Å². The van der Waals surface area contributed by atoms with Crippen molar-refractivity contribution in [1.82, 2.24) is 4.90 Å². The molecule has 0 saturated carbocycles. The van der Waals surface area contributed by atoms with Crippen LogP contribution in [0.5, 0.6) is 0 Å². The first kappa shape index (κ1) is 23.8. The number of fused-ring (bicyclic) bond motifs is 2. The number of likely N-dealkylation sites (tertiary alicyclic amines) is 1. The number of hydrogen-bond acceptors (Lipinski definition) is 6. The summed E-state index contributed by atoms with van der Waals surface area (Å²) in [5.74, 6) is -1.03. The van der Waals surface area contributed by atoms with Gasteiger partial charge >= 0.3 is 5.97 Å². The highest BCUT2D eigenvalue weighted by Gasteiger charge is 2.63. The third kappa shape index (κ3) is 3.90. The highest BCUT2D eigenvalue weighted by molar-refractivity contribution is 8.03. The number of thioether (sulfide) groups is 1. The molecule has 0 unspecified atom stereocenters. The molecule has 35 heavy (non-hydrogen) atoms. The number of anilines is 2. The van der Waals surface area contributed by atoms with Crippen LogP contribution < -0.4 is 9.80 Å².